The van der Waals surface area contributed by atoms with Gasteiger partial charge in [0.1, 0.15) is 5.60 Å². The van der Waals surface area contributed by atoms with Gasteiger partial charge in [-0.1, -0.05) is 0 Å². The molecule has 1 saturated heterocycles. The molecule has 3 rings (SSSR count). The van der Waals surface area contributed by atoms with Crippen molar-refractivity contribution in [2.45, 2.75) is 44.1 Å². The molecule has 0 bridgehead atoms. The van der Waals surface area contributed by atoms with E-state index < -0.39 is 5.60 Å². The number of aliphatic hydroxyl groups is 1. The van der Waals surface area contributed by atoms with E-state index in [1.807, 2.05) is 4.90 Å². The largest absolute Gasteiger partial charge is 0.380 e. The van der Waals surface area contributed by atoms with Gasteiger partial charge >= 0.3 is 0 Å². The summed E-state index contributed by atoms with van der Waals surface area (Å²) in [6, 6.07) is 0. The molecule has 2 aliphatic carbocycles. The van der Waals surface area contributed by atoms with Gasteiger partial charge in [-0.15, -0.1) is 0 Å². The molecule has 78 valence electrons. The van der Waals surface area contributed by atoms with E-state index in [1.54, 1.807) is 0 Å². The third-order valence-corrected chi connectivity index (χ3v) is 4.26. The summed E-state index contributed by atoms with van der Waals surface area (Å²) in [5.74, 6) is 0.00697. The molecule has 14 heavy (non-hydrogen) atoms. The molecular weight excluding hydrogens is 178 g/mol. The summed E-state index contributed by atoms with van der Waals surface area (Å²) in [5, 5.41) is 9.94. The first-order valence-corrected chi connectivity index (χ1v) is 5.66. The molecule has 0 unspecified atom stereocenters. The van der Waals surface area contributed by atoms with E-state index in [2.05, 4.69) is 0 Å². The molecule has 0 radical (unpaired) electrons. The number of carbonyl (C=O) groups excluding carboxylic acids is 1. The standard InChI is InChI=1S/C11H17NO2/c13-9(11(14)2-1-3-11)12-7-6-10(8-12)4-5-10/h14H,1-8H2. The van der Waals surface area contributed by atoms with Crippen LogP contribution in [0.15, 0.2) is 0 Å². The van der Waals surface area contributed by atoms with E-state index in [0.717, 1.165) is 25.9 Å². The second kappa shape index (κ2) is 2.51. The molecule has 0 aromatic carbocycles. The van der Waals surface area contributed by atoms with Crippen molar-refractivity contribution in [2.75, 3.05) is 13.1 Å². The molecule has 1 heterocycles. The van der Waals surface area contributed by atoms with Crippen molar-refractivity contribution in [3.8, 4) is 0 Å². The second-order valence-corrected chi connectivity index (χ2v) is 5.36. The number of amides is 1. The fraction of sp³-hybridized carbons (Fsp3) is 0.909. The Morgan fingerprint density at radius 3 is 2.29 bits per heavy atom. The van der Waals surface area contributed by atoms with E-state index >= 15 is 0 Å². The molecule has 0 aromatic rings. The van der Waals surface area contributed by atoms with Gasteiger partial charge in [0, 0.05) is 13.1 Å². The normalized spacial score (nSPS) is 31.6. The minimum absolute atomic E-state index is 0.00697. The molecule has 1 spiro atoms. The van der Waals surface area contributed by atoms with Crippen LogP contribution >= 0.6 is 0 Å². The summed E-state index contributed by atoms with van der Waals surface area (Å²) in [6.07, 6.45) is 6.09. The van der Waals surface area contributed by atoms with E-state index in [1.165, 1.54) is 12.8 Å². The third-order valence-electron chi connectivity index (χ3n) is 4.26. The Kier molecular flexibility index (Phi) is 1.56. The van der Waals surface area contributed by atoms with Crippen LogP contribution in [0.25, 0.3) is 0 Å². The van der Waals surface area contributed by atoms with Gasteiger partial charge in [-0.25, -0.2) is 0 Å². The Hall–Kier alpha value is -0.570. The summed E-state index contributed by atoms with van der Waals surface area (Å²) >= 11 is 0. The Bertz CT molecular complexity index is 279. The second-order valence-electron chi connectivity index (χ2n) is 5.36. The van der Waals surface area contributed by atoms with Gasteiger partial charge in [-0.3, -0.25) is 4.79 Å². The van der Waals surface area contributed by atoms with E-state index in [0.29, 0.717) is 18.3 Å². The highest BCUT2D eigenvalue weighted by Gasteiger charge is 2.52. The minimum Gasteiger partial charge on any atom is -0.380 e. The molecule has 3 nitrogen and oxygen atoms in total. The number of hydrogen-bond acceptors (Lipinski definition) is 2. The lowest BCUT2D eigenvalue weighted by atomic mass is 9.79. The first-order valence-electron chi connectivity index (χ1n) is 5.66. The fourth-order valence-electron chi connectivity index (χ4n) is 2.71. The van der Waals surface area contributed by atoms with Crippen molar-refractivity contribution in [1.82, 2.24) is 4.90 Å². The van der Waals surface area contributed by atoms with Gasteiger partial charge in [-0.05, 0) is 43.9 Å². The molecule has 3 heteroatoms. The van der Waals surface area contributed by atoms with Crippen LogP contribution in [-0.2, 0) is 4.79 Å². The Labute approximate surface area is 84.1 Å². The summed E-state index contributed by atoms with van der Waals surface area (Å²) in [5.41, 5.74) is -0.490. The van der Waals surface area contributed by atoms with Crippen molar-refractivity contribution in [3.63, 3.8) is 0 Å². The lowest BCUT2D eigenvalue weighted by Gasteiger charge is -2.37. The maximum Gasteiger partial charge on any atom is 0.254 e. The molecule has 1 amide bonds. The van der Waals surface area contributed by atoms with Crippen LogP contribution in [0.3, 0.4) is 0 Å². The predicted octanol–water partition coefficient (Wildman–Crippen LogP) is 0.914. The Morgan fingerprint density at radius 2 is 1.86 bits per heavy atom. The summed E-state index contributed by atoms with van der Waals surface area (Å²) < 4.78 is 0. The lowest BCUT2D eigenvalue weighted by molar-refractivity contribution is -0.159. The van der Waals surface area contributed by atoms with Gasteiger partial charge in [-0.2, -0.15) is 0 Å². The number of likely N-dealkylation sites (tertiary alicyclic amines) is 1. The highest BCUT2D eigenvalue weighted by molar-refractivity contribution is 5.86. The summed E-state index contributed by atoms with van der Waals surface area (Å²) in [7, 11) is 0. The highest BCUT2D eigenvalue weighted by Crippen LogP contribution is 2.53. The van der Waals surface area contributed by atoms with Crippen LogP contribution < -0.4 is 0 Å². The Balaban J connectivity index is 1.68. The van der Waals surface area contributed by atoms with Crippen LogP contribution in [0.1, 0.15) is 38.5 Å². The Morgan fingerprint density at radius 1 is 1.14 bits per heavy atom. The molecule has 3 aliphatic rings. The molecule has 1 aliphatic heterocycles. The molecule has 1 N–H and O–H groups in total. The topological polar surface area (TPSA) is 40.5 Å². The van der Waals surface area contributed by atoms with Crippen LogP contribution in [0, 0.1) is 5.41 Å². The number of carbonyl (C=O) groups is 1. The summed E-state index contributed by atoms with van der Waals surface area (Å²) in [4.78, 5) is 13.8. The lowest BCUT2D eigenvalue weighted by Crippen LogP contribution is -2.52. The van der Waals surface area contributed by atoms with Crippen molar-refractivity contribution < 1.29 is 9.90 Å². The number of rotatable bonds is 1. The predicted molar refractivity (Wildman–Crippen MR) is 51.7 cm³/mol. The molecule has 0 aromatic heterocycles. The van der Waals surface area contributed by atoms with E-state index in [-0.39, 0.29) is 5.91 Å². The van der Waals surface area contributed by atoms with Gasteiger partial charge in [0.2, 0.25) is 0 Å². The number of hydrogen-bond donors (Lipinski definition) is 1. The van der Waals surface area contributed by atoms with Gasteiger partial charge in [0.05, 0.1) is 0 Å². The van der Waals surface area contributed by atoms with Crippen molar-refractivity contribution in [2.24, 2.45) is 5.41 Å². The summed E-state index contributed by atoms with van der Waals surface area (Å²) in [6.45, 7) is 1.79. The van der Waals surface area contributed by atoms with E-state index in [9.17, 15) is 9.90 Å². The molecule has 3 fully saturated rings. The first-order chi connectivity index (χ1) is 6.64. The quantitative estimate of drug-likeness (QED) is 0.675. The van der Waals surface area contributed by atoms with Crippen LogP contribution in [0.4, 0.5) is 0 Å². The van der Waals surface area contributed by atoms with Crippen molar-refractivity contribution in [1.29, 1.82) is 0 Å². The fourth-order valence-corrected chi connectivity index (χ4v) is 2.71. The monoisotopic (exact) mass is 195 g/mol. The molecule has 2 saturated carbocycles. The van der Waals surface area contributed by atoms with Gasteiger partial charge in [0.25, 0.3) is 5.91 Å². The minimum atomic E-state index is -0.972. The van der Waals surface area contributed by atoms with Crippen LogP contribution in [0.5, 0.6) is 0 Å². The van der Waals surface area contributed by atoms with E-state index in [4.69, 9.17) is 0 Å². The van der Waals surface area contributed by atoms with Crippen molar-refractivity contribution >= 4 is 5.91 Å². The average Bonchev–Trinajstić information content (AvgIpc) is 2.72. The van der Waals surface area contributed by atoms with Crippen LogP contribution in [-0.4, -0.2) is 34.6 Å². The smallest absolute Gasteiger partial charge is 0.254 e. The zero-order valence-corrected chi connectivity index (χ0v) is 8.46. The van der Waals surface area contributed by atoms with Gasteiger partial charge < -0.3 is 10.0 Å². The number of nitrogens with zero attached hydrogens (tertiary/aromatic N) is 1. The zero-order valence-electron chi connectivity index (χ0n) is 8.46. The highest BCUT2D eigenvalue weighted by atomic mass is 16.3. The van der Waals surface area contributed by atoms with Gasteiger partial charge in [0.15, 0.2) is 0 Å². The van der Waals surface area contributed by atoms with Crippen molar-refractivity contribution in [3.05, 3.63) is 0 Å². The maximum atomic E-state index is 11.9. The zero-order chi connectivity index (χ0) is 9.81. The SMILES string of the molecule is O=C(N1CCC2(CC2)C1)C1(O)CCC1. The molecule has 0 atom stereocenters. The first kappa shape index (κ1) is 8.72. The van der Waals surface area contributed by atoms with Crippen LogP contribution in [0.2, 0.25) is 0 Å². The third kappa shape index (κ3) is 1.11. The molecular formula is C11H17NO2. The maximum absolute atomic E-state index is 11.9. The average molecular weight is 195 g/mol.